The average molecular weight is 267 g/mol. The van der Waals surface area contributed by atoms with Crippen LogP contribution in [0.5, 0.6) is 0 Å². The average Bonchev–Trinajstić information content (AvgIpc) is 2.14. The summed E-state index contributed by atoms with van der Waals surface area (Å²) < 4.78 is 13.6. The van der Waals surface area contributed by atoms with Crippen LogP contribution in [0.25, 0.3) is 0 Å². The number of hydrogen-bond donors (Lipinski definition) is 0. The second kappa shape index (κ2) is 6.44. The number of ether oxygens (including phenoxy) is 3. The maximum Gasteiger partial charge on any atom is 0.407 e. The fraction of sp³-hybridized carbons (Fsp3) is 0.700. The van der Waals surface area contributed by atoms with E-state index in [0.717, 1.165) is 0 Å². The van der Waals surface area contributed by atoms with E-state index in [9.17, 15) is 14.4 Å². The van der Waals surface area contributed by atoms with Gasteiger partial charge >= 0.3 is 23.7 Å². The van der Waals surface area contributed by atoms with Crippen molar-refractivity contribution >= 4 is 29.0 Å². The van der Waals surface area contributed by atoms with Crippen LogP contribution >= 0.6 is 11.6 Å². The van der Waals surface area contributed by atoms with Crippen LogP contribution < -0.4 is 0 Å². The van der Waals surface area contributed by atoms with Crippen LogP contribution in [-0.4, -0.2) is 30.3 Å². The van der Waals surface area contributed by atoms with Gasteiger partial charge in [-0.3, -0.25) is 4.79 Å². The molecule has 1 unspecified atom stereocenters. The number of esters is 2. The molecule has 0 saturated carbocycles. The molecular formula is C10H15ClO6. The fourth-order valence-electron chi connectivity index (χ4n) is 0.689. The summed E-state index contributed by atoms with van der Waals surface area (Å²) in [5.41, 5.74) is -2.10. The smallest absolute Gasteiger partial charge is 0.407 e. The lowest BCUT2D eigenvalue weighted by atomic mass is 9.97. The molecular weight excluding hydrogens is 252 g/mol. The lowest BCUT2D eigenvalue weighted by Crippen LogP contribution is -2.36. The van der Waals surface area contributed by atoms with Gasteiger partial charge in [-0.05, 0) is 27.7 Å². The van der Waals surface area contributed by atoms with E-state index in [2.05, 4.69) is 9.47 Å². The highest BCUT2D eigenvalue weighted by atomic mass is 35.5. The number of rotatable bonds is 4. The molecule has 1 atom stereocenters. The molecule has 0 spiro atoms. The molecule has 7 heteroatoms. The third-order valence-electron chi connectivity index (χ3n) is 1.51. The van der Waals surface area contributed by atoms with Gasteiger partial charge in [0.1, 0.15) is 0 Å². The molecule has 6 nitrogen and oxygen atoms in total. The van der Waals surface area contributed by atoms with Crippen molar-refractivity contribution < 1.29 is 28.6 Å². The van der Waals surface area contributed by atoms with Gasteiger partial charge in [0, 0.05) is 11.6 Å². The van der Waals surface area contributed by atoms with Crippen molar-refractivity contribution in [1.82, 2.24) is 0 Å². The van der Waals surface area contributed by atoms with Gasteiger partial charge in [0.25, 0.3) is 0 Å². The topological polar surface area (TPSA) is 78.9 Å². The Morgan fingerprint density at radius 2 is 1.71 bits per heavy atom. The Bertz CT molecular complexity index is 306. The summed E-state index contributed by atoms with van der Waals surface area (Å²) >= 11 is 4.95. The van der Waals surface area contributed by atoms with Crippen LogP contribution in [0.15, 0.2) is 0 Å². The van der Waals surface area contributed by atoms with Gasteiger partial charge in [0.2, 0.25) is 0 Å². The summed E-state index contributed by atoms with van der Waals surface area (Å²) in [6, 6.07) is 0. The summed E-state index contributed by atoms with van der Waals surface area (Å²) in [4.78, 5) is 33.3. The summed E-state index contributed by atoms with van der Waals surface area (Å²) in [6.07, 6.45) is -1.77. The van der Waals surface area contributed by atoms with Crippen molar-refractivity contribution in [1.29, 1.82) is 0 Å². The zero-order valence-electron chi connectivity index (χ0n) is 10.1. The van der Waals surface area contributed by atoms with Gasteiger partial charge in [-0.2, -0.15) is 0 Å². The first kappa shape index (κ1) is 15.7. The van der Waals surface area contributed by atoms with Crippen molar-refractivity contribution in [3.05, 3.63) is 0 Å². The fourth-order valence-corrected chi connectivity index (χ4v) is 0.770. The molecule has 0 aromatic carbocycles. The zero-order chi connectivity index (χ0) is 13.6. The molecule has 0 aromatic heterocycles. The molecule has 0 N–H and O–H groups in total. The van der Waals surface area contributed by atoms with Gasteiger partial charge in [-0.25, -0.2) is 9.59 Å². The maximum absolute atomic E-state index is 11.5. The van der Waals surface area contributed by atoms with Gasteiger partial charge in [-0.15, -0.1) is 0 Å². The Morgan fingerprint density at radius 3 is 2.06 bits per heavy atom. The molecule has 0 heterocycles. The first-order valence-corrected chi connectivity index (χ1v) is 5.30. The van der Waals surface area contributed by atoms with E-state index < -0.39 is 29.1 Å². The minimum absolute atomic E-state index is 0.0578. The molecule has 0 amide bonds. The molecule has 0 bridgehead atoms. The highest BCUT2D eigenvalue weighted by Gasteiger charge is 2.33. The number of halogens is 1. The largest absolute Gasteiger partial charge is 0.460 e. The van der Waals surface area contributed by atoms with Crippen molar-refractivity contribution in [3.63, 3.8) is 0 Å². The molecule has 0 aliphatic heterocycles. The van der Waals surface area contributed by atoms with E-state index in [1.165, 1.54) is 0 Å². The summed E-state index contributed by atoms with van der Waals surface area (Å²) in [7, 11) is 0. The van der Waals surface area contributed by atoms with Crippen molar-refractivity contribution in [2.45, 2.75) is 34.0 Å². The quantitative estimate of drug-likeness (QED) is 0.439. The Hall–Kier alpha value is -1.30. The molecule has 0 fully saturated rings. The summed E-state index contributed by atoms with van der Waals surface area (Å²) in [6.45, 7) is 6.37. The van der Waals surface area contributed by atoms with E-state index in [1.807, 2.05) is 0 Å². The van der Waals surface area contributed by atoms with Gasteiger partial charge in [-0.1, -0.05) is 0 Å². The van der Waals surface area contributed by atoms with Crippen LogP contribution in [-0.2, 0) is 23.8 Å². The van der Waals surface area contributed by atoms with E-state index in [-0.39, 0.29) is 6.61 Å². The predicted molar refractivity (Wildman–Crippen MR) is 58.3 cm³/mol. The van der Waals surface area contributed by atoms with Gasteiger partial charge < -0.3 is 14.2 Å². The first-order valence-electron chi connectivity index (χ1n) is 4.92. The van der Waals surface area contributed by atoms with E-state index in [0.29, 0.717) is 0 Å². The van der Waals surface area contributed by atoms with Crippen LogP contribution in [0.2, 0.25) is 0 Å². The highest BCUT2D eigenvalue weighted by molar-refractivity contribution is 6.61. The number of carbonyl (C=O) groups is 3. The molecule has 0 aromatic rings. The van der Waals surface area contributed by atoms with Crippen molar-refractivity contribution in [2.75, 3.05) is 6.61 Å². The SMILES string of the molecule is CCOC(=O)C(OC(=O)Cl)OC(=O)C(C)(C)C. The van der Waals surface area contributed by atoms with E-state index in [1.54, 1.807) is 27.7 Å². The minimum atomic E-state index is -1.77. The second-order valence-corrected chi connectivity index (χ2v) is 4.40. The highest BCUT2D eigenvalue weighted by Crippen LogP contribution is 2.17. The van der Waals surface area contributed by atoms with Crippen LogP contribution in [0.1, 0.15) is 27.7 Å². The van der Waals surface area contributed by atoms with Crippen molar-refractivity contribution in [2.24, 2.45) is 5.41 Å². The Morgan fingerprint density at radius 1 is 1.18 bits per heavy atom. The number of hydrogen-bond acceptors (Lipinski definition) is 6. The second-order valence-electron chi connectivity index (χ2n) is 4.09. The van der Waals surface area contributed by atoms with E-state index >= 15 is 0 Å². The third-order valence-corrected chi connectivity index (χ3v) is 1.59. The lowest BCUT2D eigenvalue weighted by Gasteiger charge is -2.21. The summed E-state index contributed by atoms with van der Waals surface area (Å²) in [5.74, 6) is -1.70. The van der Waals surface area contributed by atoms with Crippen LogP contribution in [0.4, 0.5) is 4.79 Å². The lowest BCUT2D eigenvalue weighted by molar-refractivity contribution is -0.194. The van der Waals surface area contributed by atoms with Crippen molar-refractivity contribution in [3.8, 4) is 0 Å². The Kier molecular flexibility index (Phi) is 5.95. The Labute approximate surface area is 104 Å². The molecule has 0 aliphatic rings. The van der Waals surface area contributed by atoms with E-state index in [4.69, 9.17) is 16.3 Å². The van der Waals surface area contributed by atoms with Gasteiger partial charge in [0.05, 0.1) is 12.0 Å². The predicted octanol–water partition coefficient (Wildman–Crippen LogP) is 1.84. The third kappa shape index (κ3) is 6.11. The monoisotopic (exact) mass is 266 g/mol. The standard InChI is InChI=1S/C10H15ClO6/c1-5-15-6(12)7(17-9(11)14)16-8(13)10(2,3)4/h7H,5H2,1-4H3. The van der Waals surface area contributed by atoms with Crippen LogP contribution in [0, 0.1) is 5.41 Å². The molecule has 17 heavy (non-hydrogen) atoms. The molecule has 0 saturated heterocycles. The Balaban J connectivity index is 4.65. The molecule has 0 aliphatic carbocycles. The van der Waals surface area contributed by atoms with Gasteiger partial charge in [0.15, 0.2) is 0 Å². The molecule has 98 valence electrons. The van der Waals surface area contributed by atoms with Crippen LogP contribution in [0.3, 0.4) is 0 Å². The number of carbonyl (C=O) groups excluding carboxylic acids is 3. The minimum Gasteiger partial charge on any atom is -0.460 e. The summed E-state index contributed by atoms with van der Waals surface area (Å²) in [5, 5.41) is 0. The zero-order valence-corrected chi connectivity index (χ0v) is 10.9. The normalized spacial score (nSPS) is 12.5. The maximum atomic E-state index is 11.5. The first-order chi connectivity index (χ1) is 7.68. The molecule has 0 radical (unpaired) electrons. The molecule has 0 rings (SSSR count).